The number of aliphatic hydroxyl groups is 1. The standard InChI is InChI=1S/C16H12N2O3/c19-14-12-7-3-4-8-13(12)16(21)18-15(20)11-6-2-1-5-10(11)9-17(14)18/h1-8,16,21H,9H2. The van der Waals surface area contributed by atoms with Gasteiger partial charge in [0.15, 0.2) is 6.23 Å². The molecule has 4 rings (SSSR count). The van der Waals surface area contributed by atoms with Gasteiger partial charge >= 0.3 is 0 Å². The summed E-state index contributed by atoms with van der Waals surface area (Å²) in [6, 6.07) is 14.0. The smallest absolute Gasteiger partial charge is 0.275 e. The number of hydrazine groups is 1. The Morgan fingerprint density at radius 1 is 0.905 bits per heavy atom. The van der Waals surface area contributed by atoms with Gasteiger partial charge in [-0.05, 0) is 17.7 Å². The number of carbonyl (C=O) groups is 2. The molecule has 0 saturated heterocycles. The highest BCUT2D eigenvalue weighted by atomic mass is 16.3. The minimum atomic E-state index is -1.14. The molecule has 2 amide bonds. The van der Waals surface area contributed by atoms with Crippen molar-refractivity contribution < 1.29 is 14.7 Å². The van der Waals surface area contributed by atoms with Gasteiger partial charge in [-0.2, -0.15) is 0 Å². The van der Waals surface area contributed by atoms with Crippen molar-refractivity contribution in [2.75, 3.05) is 0 Å². The second-order valence-electron chi connectivity index (χ2n) is 5.13. The van der Waals surface area contributed by atoms with Crippen LogP contribution in [0.15, 0.2) is 48.5 Å². The molecule has 21 heavy (non-hydrogen) atoms. The first-order chi connectivity index (χ1) is 10.2. The number of nitrogens with zero attached hydrogens (tertiary/aromatic N) is 2. The fourth-order valence-electron chi connectivity index (χ4n) is 2.94. The molecule has 2 aliphatic rings. The highest BCUT2D eigenvalue weighted by Crippen LogP contribution is 2.35. The first kappa shape index (κ1) is 12.1. The molecule has 2 aromatic carbocycles. The molecular weight excluding hydrogens is 268 g/mol. The largest absolute Gasteiger partial charge is 0.368 e. The van der Waals surface area contributed by atoms with Gasteiger partial charge in [0.1, 0.15) is 0 Å². The fraction of sp³-hybridized carbons (Fsp3) is 0.125. The number of rotatable bonds is 0. The maximum absolute atomic E-state index is 12.6. The normalized spacial score (nSPS) is 20.0. The van der Waals surface area contributed by atoms with Crippen molar-refractivity contribution in [3.05, 3.63) is 70.8 Å². The van der Waals surface area contributed by atoms with Crippen LogP contribution in [0.5, 0.6) is 0 Å². The molecule has 0 radical (unpaired) electrons. The zero-order chi connectivity index (χ0) is 14.6. The van der Waals surface area contributed by atoms with Gasteiger partial charge in [0.25, 0.3) is 11.8 Å². The maximum Gasteiger partial charge on any atom is 0.275 e. The third-order valence-electron chi connectivity index (χ3n) is 3.97. The lowest BCUT2D eigenvalue weighted by atomic mass is 9.97. The van der Waals surface area contributed by atoms with E-state index < -0.39 is 6.23 Å². The molecule has 1 atom stereocenters. The Hall–Kier alpha value is -2.66. The minimum Gasteiger partial charge on any atom is -0.368 e. The monoisotopic (exact) mass is 280 g/mol. The minimum absolute atomic E-state index is 0.265. The van der Waals surface area contributed by atoms with Crippen molar-refractivity contribution in [2.45, 2.75) is 12.8 Å². The summed E-state index contributed by atoms with van der Waals surface area (Å²) in [6.45, 7) is 0.284. The van der Waals surface area contributed by atoms with Crippen LogP contribution in [0.2, 0.25) is 0 Å². The van der Waals surface area contributed by atoms with Gasteiger partial charge in [-0.25, -0.2) is 10.0 Å². The molecule has 0 aromatic heterocycles. The molecule has 1 N–H and O–H groups in total. The van der Waals surface area contributed by atoms with Gasteiger partial charge in [0.2, 0.25) is 0 Å². The first-order valence-corrected chi connectivity index (χ1v) is 6.69. The van der Waals surface area contributed by atoms with Crippen molar-refractivity contribution in [3.63, 3.8) is 0 Å². The Bertz CT molecular complexity index is 772. The second kappa shape index (κ2) is 4.17. The predicted molar refractivity (Wildman–Crippen MR) is 73.9 cm³/mol. The van der Waals surface area contributed by atoms with Crippen LogP contribution in [0.4, 0.5) is 0 Å². The van der Waals surface area contributed by atoms with Crippen molar-refractivity contribution in [1.82, 2.24) is 10.0 Å². The van der Waals surface area contributed by atoms with Crippen LogP contribution < -0.4 is 0 Å². The summed E-state index contributed by atoms with van der Waals surface area (Å²) in [4.78, 5) is 25.2. The lowest BCUT2D eigenvalue weighted by Crippen LogP contribution is -2.56. The van der Waals surface area contributed by atoms with E-state index in [1.807, 2.05) is 12.1 Å². The van der Waals surface area contributed by atoms with E-state index in [0.717, 1.165) is 10.6 Å². The van der Waals surface area contributed by atoms with Crippen molar-refractivity contribution in [1.29, 1.82) is 0 Å². The molecule has 5 nitrogen and oxygen atoms in total. The Morgan fingerprint density at radius 3 is 2.38 bits per heavy atom. The van der Waals surface area contributed by atoms with Crippen molar-refractivity contribution >= 4 is 11.8 Å². The zero-order valence-corrected chi connectivity index (χ0v) is 11.1. The zero-order valence-electron chi connectivity index (χ0n) is 11.1. The number of hydrogen-bond donors (Lipinski definition) is 1. The lowest BCUT2D eigenvalue weighted by molar-refractivity contribution is -0.107. The van der Waals surface area contributed by atoms with E-state index in [0.29, 0.717) is 16.7 Å². The molecule has 0 saturated carbocycles. The van der Waals surface area contributed by atoms with Crippen LogP contribution in [0, 0.1) is 0 Å². The van der Waals surface area contributed by atoms with Crippen LogP contribution in [0.3, 0.4) is 0 Å². The number of amides is 2. The van der Waals surface area contributed by atoms with E-state index in [9.17, 15) is 14.7 Å². The summed E-state index contributed by atoms with van der Waals surface area (Å²) in [5, 5.41) is 12.9. The number of aliphatic hydroxyl groups excluding tert-OH is 1. The van der Waals surface area contributed by atoms with Gasteiger partial charge in [0, 0.05) is 16.7 Å². The van der Waals surface area contributed by atoms with Gasteiger partial charge in [-0.1, -0.05) is 36.4 Å². The maximum atomic E-state index is 12.6. The molecule has 0 fully saturated rings. The molecule has 2 aliphatic heterocycles. The van der Waals surface area contributed by atoms with Crippen molar-refractivity contribution in [3.8, 4) is 0 Å². The molecule has 0 spiro atoms. The average Bonchev–Trinajstić information content (AvgIpc) is 2.52. The molecule has 1 unspecified atom stereocenters. The highest BCUT2D eigenvalue weighted by Gasteiger charge is 2.43. The third-order valence-corrected chi connectivity index (χ3v) is 3.97. The number of carbonyl (C=O) groups excluding carboxylic acids is 2. The van der Waals surface area contributed by atoms with Crippen LogP contribution >= 0.6 is 0 Å². The fourth-order valence-corrected chi connectivity index (χ4v) is 2.94. The Morgan fingerprint density at radius 2 is 1.57 bits per heavy atom. The summed E-state index contributed by atoms with van der Waals surface area (Å²) in [7, 11) is 0. The van der Waals surface area contributed by atoms with Crippen LogP contribution in [0.1, 0.15) is 38.1 Å². The van der Waals surface area contributed by atoms with E-state index >= 15 is 0 Å². The van der Waals surface area contributed by atoms with E-state index in [-0.39, 0.29) is 18.4 Å². The Kier molecular flexibility index (Phi) is 2.40. The van der Waals surface area contributed by atoms with Crippen LogP contribution in [-0.2, 0) is 6.54 Å². The lowest BCUT2D eigenvalue weighted by Gasteiger charge is -2.45. The molecular formula is C16H12N2O3. The summed E-state index contributed by atoms with van der Waals surface area (Å²) < 4.78 is 0. The van der Waals surface area contributed by atoms with Crippen LogP contribution in [-0.4, -0.2) is 26.9 Å². The van der Waals surface area contributed by atoms with E-state index in [2.05, 4.69) is 0 Å². The quantitative estimate of drug-likeness (QED) is 0.799. The Balaban J connectivity index is 1.89. The highest BCUT2D eigenvalue weighted by molar-refractivity contribution is 6.03. The van der Waals surface area contributed by atoms with Crippen molar-refractivity contribution in [2.24, 2.45) is 0 Å². The Labute approximate surface area is 121 Å². The third kappa shape index (κ3) is 1.55. The number of fused-ring (bicyclic) bond motifs is 3. The summed E-state index contributed by atoms with van der Waals surface area (Å²) >= 11 is 0. The average molecular weight is 280 g/mol. The molecule has 0 aliphatic carbocycles. The van der Waals surface area contributed by atoms with Gasteiger partial charge in [-0.15, -0.1) is 0 Å². The number of hydrogen-bond acceptors (Lipinski definition) is 3. The van der Waals surface area contributed by atoms with E-state index in [1.54, 1.807) is 36.4 Å². The number of benzene rings is 2. The second-order valence-corrected chi connectivity index (χ2v) is 5.13. The molecule has 0 bridgehead atoms. The molecule has 2 aromatic rings. The molecule has 5 heteroatoms. The van der Waals surface area contributed by atoms with E-state index in [4.69, 9.17) is 0 Å². The van der Waals surface area contributed by atoms with Crippen LogP contribution in [0.25, 0.3) is 0 Å². The van der Waals surface area contributed by atoms with Gasteiger partial charge in [0.05, 0.1) is 6.54 Å². The summed E-state index contributed by atoms with van der Waals surface area (Å²) in [6.07, 6.45) is -1.14. The predicted octanol–water partition coefficient (Wildman–Crippen LogP) is 1.70. The van der Waals surface area contributed by atoms with Gasteiger partial charge < -0.3 is 5.11 Å². The summed E-state index contributed by atoms with van der Waals surface area (Å²) in [5.74, 6) is -0.619. The summed E-state index contributed by atoms with van der Waals surface area (Å²) in [5.41, 5.74) is 2.22. The van der Waals surface area contributed by atoms with E-state index in [1.165, 1.54) is 5.01 Å². The first-order valence-electron chi connectivity index (χ1n) is 6.69. The molecule has 2 heterocycles. The molecule has 104 valence electrons. The van der Waals surface area contributed by atoms with Gasteiger partial charge in [-0.3, -0.25) is 9.59 Å². The SMILES string of the molecule is O=C1c2ccccc2C(O)N2C(=O)c3ccccc3CN12. The topological polar surface area (TPSA) is 60.9 Å².